The SMILES string of the molecule is CN(CCc1ccccc1)C(=O)[C@@H]1CCCN(c2cccc3c2C(=O)N([C@H]2CCOC(C)(C)C2)C3=O)C1. The van der Waals surface area contributed by atoms with Crippen LogP contribution < -0.4 is 4.90 Å². The van der Waals surface area contributed by atoms with E-state index < -0.39 is 0 Å². The minimum atomic E-state index is -0.367. The van der Waals surface area contributed by atoms with E-state index in [0.717, 1.165) is 31.5 Å². The lowest BCUT2D eigenvalue weighted by molar-refractivity contribution is -0.134. The second-order valence-electron chi connectivity index (χ2n) is 11.2. The molecule has 2 atom stereocenters. The second kappa shape index (κ2) is 10.3. The largest absolute Gasteiger partial charge is 0.375 e. The van der Waals surface area contributed by atoms with E-state index in [-0.39, 0.29) is 35.3 Å². The quantitative estimate of drug-likeness (QED) is 0.554. The molecule has 0 aliphatic carbocycles. The summed E-state index contributed by atoms with van der Waals surface area (Å²) in [5.41, 5.74) is 2.58. The van der Waals surface area contributed by atoms with Gasteiger partial charge in [-0.15, -0.1) is 0 Å². The number of amides is 3. The van der Waals surface area contributed by atoms with Crippen LogP contribution in [0.2, 0.25) is 0 Å². The highest BCUT2D eigenvalue weighted by atomic mass is 16.5. The first-order valence-corrected chi connectivity index (χ1v) is 13.4. The maximum Gasteiger partial charge on any atom is 0.263 e. The molecule has 5 rings (SSSR count). The summed E-state index contributed by atoms with van der Waals surface area (Å²) in [5, 5.41) is 0. The van der Waals surface area contributed by atoms with Crippen LogP contribution in [0.25, 0.3) is 0 Å². The molecule has 37 heavy (non-hydrogen) atoms. The third-order valence-corrected chi connectivity index (χ3v) is 8.03. The summed E-state index contributed by atoms with van der Waals surface area (Å²) in [4.78, 5) is 45.8. The minimum Gasteiger partial charge on any atom is -0.375 e. The lowest BCUT2D eigenvalue weighted by Crippen LogP contribution is -2.48. The fourth-order valence-corrected chi connectivity index (χ4v) is 6.06. The van der Waals surface area contributed by atoms with E-state index in [9.17, 15) is 14.4 Å². The molecular weight excluding hydrogens is 466 g/mol. The van der Waals surface area contributed by atoms with Gasteiger partial charge in [0.2, 0.25) is 5.91 Å². The Morgan fingerprint density at radius 2 is 1.84 bits per heavy atom. The standard InChI is InChI=1S/C30H37N3O4/c1-30(2)19-23(15-18-37-30)33-28(35)24-12-7-13-25(26(24)29(33)36)32-16-8-11-22(20-32)27(34)31(3)17-14-21-9-5-4-6-10-21/h4-7,9-10,12-13,22-23H,8,11,14-20H2,1-3H3/t22-,23+/m1/s1. The molecule has 196 valence electrons. The van der Waals surface area contributed by atoms with Crippen LogP contribution in [-0.4, -0.2) is 72.5 Å². The normalized spacial score (nSPS) is 23.2. The summed E-state index contributed by atoms with van der Waals surface area (Å²) in [7, 11) is 1.87. The number of hydrogen-bond donors (Lipinski definition) is 0. The Hall–Kier alpha value is -3.19. The van der Waals surface area contributed by atoms with Crippen LogP contribution in [-0.2, 0) is 16.0 Å². The zero-order valence-electron chi connectivity index (χ0n) is 22.1. The molecule has 0 radical (unpaired) electrons. The fourth-order valence-electron chi connectivity index (χ4n) is 6.06. The number of benzene rings is 2. The van der Waals surface area contributed by atoms with E-state index >= 15 is 0 Å². The first-order chi connectivity index (χ1) is 17.7. The van der Waals surface area contributed by atoms with Crippen LogP contribution in [0.3, 0.4) is 0 Å². The highest BCUT2D eigenvalue weighted by molar-refractivity contribution is 6.24. The van der Waals surface area contributed by atoms with Gasteiger partial charge in [0.15, 0.2) is 0 Å². The Labute approximate surface area is 219 Å². The number of anilines is 1. The molecule has 0 aromatic heterocycles. The van der Waals surface area contributed by atoms with Gasteiger partial charge >= 0.3 is 0 Å². The Balaban J connectivity index is 1.30. The van der Waals surface area contributed by atoms with Gasteiger partial charge in [0, 0.05) is 39.3 Å². The second-order valence-corrected chi connectivity index (χ2v) is 11.2. The zero-order chi connectivity index (χ0) is 26.2. The van der Waals surface area contributed by atoms with Crippen molar-refractivity contribution in [3.05, 3.63) is 65.2 Å². The molecule has 2 fully saturated rings. The molecule has 0 unspecified atom stereocenters. The smallest absolute Gasteiger partial charge is 0.263 e. The molecule has 2 saturated heterocycles. The third-order valence-electron chi connectivity index (χ3n) is 8.03. The first-order valence-electron chi connectivity index (χ1n) is 13.4. The fraction of sp³-hybridized carbons (Fsp3) is 0.500. The van der Waals surface area contributed by atoms with Crippen molar-refractivity contribution in [1.29, 1.82) is 0 Å². The van der Waals surface area contributed by atoms with E-state index in [2.05, 4.69) is 17.0 Å². The van der Waals surface area contributed by atoms with E-state index in [1.807, 2.05) is 56.1 Å². The van der Waals surface area contributed by atoms with Gasteiger partial charge in [0.05, 0.1) is 28.3 Å². The number of likely N-dealkylation sites (N-methyl/N-ethyl adjacent to an activating group) is 1. The summed E-state index contributed by atoms with van der Waals surface area (Å²) < 4.78 is 5.82. The monoisotopic (exact) mass is 503 g/mol. The number of nitrogens with zero attached hydrogens (tertiary/aromatic N) is 3. The van der Waals surface area contributed by atoms with Crippen LogP contribution in [0.1, 0.15) is 65.8 Å². The topological polar surface area (TPSA) is 70.2 Å². The molecule has 3 heterocycles. The number of carbonyl (C=O) groups excluding carboxylic acids is 3. The summed E-state index contributed by atoms with van der Waals surface area (Å²) in [6, 6.07) is 15.6. The van der Waals surface area contributed by atoms with Crippen LogP contribution >= 0.6 is 0 Å². The van der Waals surface area contributed by atoms with Crippen molar-refractivity contribution < 1.29 is 19.1 Å². The molecule has 0 bridgehead atoms. The van der Waals surface area contributed by atoms with Gasteiger partial charge < -0.3 is 14.5 Å². The predicted octanol–water partition coefficient (Wildman–Crippen LogP) is 4.16. The number of piperidine rings is 1. The van der Waals surface area contributed by atoms with Gasteiger partial charge in [-0.05, 0) is 63.6 Å². The lowest BCUT2D eigenvalue weighted by atomic mass is 9.93. The van der Waals surface area contributed by atoms with E-state index in [4.69, 9.17) is 4.74 Å². The summed E-state index contributed by atoms with van der Waals surface area (Å²) in [6.45, 7) is 6.53. The molecule has 7 heteroatoms. The van der Waals surface area contributed by atoms with Gasteiger partial charge in [-0.2, -0.15) is 0 Å². The molecule has 0 spiro atoms. The number of imide groups is 1. The molecule has 2 aromatic rings. The Morgan fingerprint density at radius 3 is 2.59 bits per heavy atom. The predicted molar refractivity (Wildman–Crippen MR) is 143 cm³/mol. The number of ether oxygens (including phenoxy) is 1. The maximum absolute atomic E-state index is 13.7. The van der Waals surface area contributed by atoms with Crippen molar-refractivity contribution in [2.24, 2.45) is 5.92 Å². The number of rotatable bonds is 6. The van der Waals surface area contributed by atoms with Crippen molar-refractivity contribution in [1.82, 2.24) is 9.80 Å². The first kappa shape index (κ1) is 25.5. The average Bonchev–Trinajstić information content (AvgIpc) is 3.16. The van der Waals surface area contributed by atoms with Gasteiger partial charge in [0.1, 0.15) is 0 Å². The maximum atomic E-state index is 13.7. The molecule has 3 aliphatic heterocycles. The van der Waals surface area contributed by atoms with Gasteiger partial charge in [-0.3, -0.25) is 19.3 Å². The van der Waals surface area contributed by atoms with Crippen molar-refractivity contribution in [3.8, 4) is 0 Å². The molecule has 3 aliphatic rings. The van der Waals surface area contributed by atoms with Gasteiger partial charge in [-0.1, -0.05) is 36.4 Å². The zero-order valence-corrected chi connectivity index (χ0v) is 22.1. The van der Waals surface area contributed by atoms with Crippen LogP contribution in [0.15, 0.2) is 48.5 Å². The van der Waals surface area contributed by atoms with Crippen molar-refractivity contribution in [2.45, 2.75) is 57.6 Å². The lowest BCUT2D eigenvalue weighted by Gasteiger charge is -2.39. The molecule has 3 amide bonds. The number of fused-ring (bicyclic) bond motifs is 1. The van der Waals surface area contributed by atoms with Gasteiger partial charge in [0.25, 0.3) is 11.8 Å². The van der Waals surface area contributed by atoms with Crippen molar-refractivity contribution >= 4 is 23.4 Å². The summed E-state index contributed by atoms with van der Waals surface area (Å²) >= 11 is 0. The highest BCUT2D eigenvalue weighted by Gasteiger charge is 2.45. The molecule has 0 N–H and O–H groups in total. The molecule has 2 aromatic carbocycles. The molecule has 7 nitrogen and oxygen atoms in total. The van der Waals surface area contributed by atoms with Crippen LogP contribution in [0, 0.1) is 5.92 Å². The van der Waals surface area contributed by atoms with Crippen LogP contribution in [0.5, 0.6) is 0 Å². The van der Waals surface area contributed by atoms with Crippen molar-refractivity contribution in [2.75, 3.05) is 38.2 Å². The Kier molecular flexibility index (Phi) is 7.08. The van der Waals surface area contributed by atoms with Gasteiger partial charge in [-0.25, -0.2) is 0 Å². The Bertz CT molecular complexity index is 1180. The van der Waals surface area contributed by atoms with E-state index in [0.29, 0.717) is 43.7 Å². The summed E-state index contributed by atoms with van der Waals surface area (Å²) in [5.74, 6) is -0.423. The third kappa shape index (κ3) is 5.14. The Morgan fingerprint density at radius 1 is 1.05 bits per heavy atom. The number of hydrogen-bond acceptors (Lipinski definition) is 5. The summed E-state index contributed by atoms with van der Waals surface area (Å²) in [6.07, 6.45) is 3.80. The number of carbonyl (C=O) groups is 3. The minimum absolute atomic E-state index is 0.134. The van der Waals surface area contributed by atoms with Crippen LogP contribution in [0.4, 0.5) is 5.69 Å². The molecule has 0 saturated carbocycles. The average molecular weight is 504 g/mol. The van der Waals surface area contributed by atoms with E-state index in [1.165, 1.54) is 10.5 Å². The highest BCUT2D eigenvalue weighted by Crippen LogP contribution is 2.38. The van der Waals surface area contributed by atoms with E-state index in [1.54, 1.807) is 6.07 Å². The van der Waals surface area contributed by atoms with Crippen molar-refractivity contribution in [3.63, 3.8) is 0 Å². The molecular formula is C30H37N3O4.